The van der Waals surface area contributed by atoms with Gasteiger partial charge in [-0.1, -0.05) is 0 Å². The van der Waals surface area contributed by atoms with Gasteiger partial charge < -0.3 is 2.85 Å². The van der Waals surface area contributed by atoms with Crippen LogP contribution in [0.5, 0.6) is 0 Å². The molecule has 0 fully saturated rings. The molecule has 44 valence electrons. The number of carbonyl (C=O) groups is 2. The first kappa shape index (κ1) is 11.2. The normalized spacial score (nSPS) is 6.75. The minimum atomic E-state index is -1.46. The van der Waals surface area contributed by atoms with Gasteiger partial charge in [-0.25, -0.2) is 9.74 Å². The summed E-state index contributed by atoms with van der Waals surface area (Å²) in [5, 5.41) is 0. The molecule has 0 aliphatic carbocycles. The van der Waals surface area contributed by atoms with Crippen LogP contribution in [-0.2, 0) is 14.5 Å². The summed E-state index contributed by atoms with van der Waals surface area (Å²) in [5.74, 6) is -2.40. The molecule has 0 unspecified atom stereocenters. The predicted molar refractivity (Wildman–Crippen MR) is 25.9 cm³/mol. The molecule has 0 aliphatic heterocycles. The zero-order valence-electron chi connectivity index (χ0n) is 6.31. The van der Waals surface area contributed by atoms with Crippen LogP contribution in [0.3, 0.4) is 0 Å². The second kappa shape index (κ2) is 5.47. The maximum absolute atomic E-state index is 10.6. The predicted octanol–water partition coefficient (Wildman–Crippen LogP) is -0.153. The van der Waals surface area contributed by atoms with Crippen molar-refractivity contribution in [1.82, 2.24) is 0 Å². The van der Waals surface area contributed by atoms with E-state index in [1.165, 1.54) is 0 Å². The first-order chi connectivity index (χ1) is 3.18. The van der Waals surface area contributed by atoms with Crippen LogP contribution in [-0.4, -0.2) is 49.5 Å². The van der Waals surface area contributed by atoms with Crippen molar-refractivity contribution in [3.05, 3.63) is 0 Å². The Labute approximate surface area is 78.1 Å². The van der Waals surface area contributed by atoms with E-state index in [-0.39, 0.29) is 40.6 Å². The van der Waals surface area contributed by atoms with E-state index in [0.29, 0.717) is 0 Å². The summed E-state index contributed by atoms with van der Waals surface area (Å²) in [6.07, 6.45) is 0. The molecule has 0 N–H and O–H groups in total. The van der Waals surface area contributed by atoms with Gasteiger partial charge in [0, 0.05) is 11.4 Å². The Morgan fingerprint density at radius 2 is 2.00 bits per heavy atom. The molecule has 3 nitrogen and oxygen atoms in total. The second-order valence-corrected chi connectivity index (χ2v) is 0.921. The van der Waals surface area contributed by atoms with Crippen LogP contribution in [0.15, 0.2) is 0 Å². The smallest absolute Gasteiger partial charge is 1.00 e. The third kappa shape index (κ3) is 4.49. The second-order valence-electron chi connectivity index (χ2n) is 0.921. The van der Waals surface area contributed by atoms with Crippen LogP contribution in [0.4, 0.5) is 4.53 Å². The number of rotatable bonds is 1. The van der Waals surface area contributed by atoms with E-state index in [2.05, 4.69) is 4.94 Å². The number of carbonyl (C=O) groups excluding carboxylic acids is 2. The van der Waals surface area contributed by atoms with E-state index >= 15 is 0 Å². The molecule has 0 aromatic carbocycles. The van der Waals surface area contributed by atoms with E-state index in [1.54, 1.807) is 0 Å². The fraction of sp³-hybridized carbons (Fsp3) is 0.333. The van der Waals surface area contributed by atoms with Gasteiger partial charge in [-0.2, -0.15) is 0 Å². The van der Waals surface area contributed by atoms with Crippen molar-refractivity contribution in [3.8, 4) is 0 Å². The van der Waals surface area contributed by atoms with Gasteiger partial charge in [0.15, 0.2) is 0 Å². The molecule has 0 amide bonds. The van der Waals surface area contributed by atoms with E-state index in [4.69, 9.17) is 0 Å². The van der Waals surface area contributed by atoms with Gasteiger partial charge in [0.2, 0.25) is 5.78 Å². The molecule has 0 saturated carbocycles. The van der Waals surface area contributed by atoms with E-state index in [0.717, 1.165) is 6.92 Å². The third-order valence-corrected chi connectivity index (χ3v) is 0.358. The monoisotopic (exact) mass is 148 g/mol. The summed E-state index contributed by atoms with van der Waals surface area (Å²) >= 11 is 0. The van der Waals surface area contributed by atoms with Crippen molar-refractivity contribution in [2.45, 2.75) is 6.92 Å². The zero-order chi connectivity index (χ0) is 5.86. The molecule has 8 heavy (non-hydrogen) atoms. The molecule has 0 rings (SSSR count). The first-order valence-electron chi connectivity index (χ1n) is 1.52. The van der Waals surface area contributed by atoms with Crippen molar-refractivity contribution in [3.63, 3.8) is 0 Å². The van der Waals surface area contributed by atoms with Gasteiger partial charge >= 0.3 is 43.7 Å². The van der Waals surface area contributed by atoms with Crippen LogP contribution in [0.2, 0.25) is 0 Å². The minimum Gasteiger partial charge on any atom is -1.00 e. The number of hydrogen-bond donors (Lipinski definition) is 0. The molecule has 0 spiro atoms. The SMILES string of the molecule is CC(=O)C(=O)OF.[Ca+2].[H-].[H-]. The van der Waals surface area contributed by atoms with E-state index < -0.39 is 11.8 Å². The Balaban J connectivity index is -0.0000000600. The summed E-state index contributed by atoms with van der Waals surface area (Å²) in [5.41, 5.74) is 0. The van der Waals surface area contributed by atoms with Gasteiger partial charge in [0.1, 0.15) is 0 Å². The Hall–Kier alpha value is 0.330. The molecule has 0 aliphatic rings. The molecule has 0 aromatic rings. The Bertz CT molecular complexity index is 110. The van der Waals surface area contributed by atoms with Crippen molar-refractivity contribution < 1.29 is 21.9 Å². The van der Waals surface area contributed by atoms with Gasteiger partial charge in [-0.3, -0.25) is 4.79 Å². The average molecular weight is 148 g/mol. The Kier molecular flexibility index (Phi) is 7.63. The summed E-state index contributed by atoms with van der Waals surface area (Å²) in [6, 6.07) is 0. The van der Waals surface area contributed by atoms with Gasteiger partial charge in [-0.05, 0) is 0 Å². The number of hydrogen-bond acceptors (Lipinski definition) is 3. The molecule has 0 saturated heterocycles. The first-order valence-corrected chi connectivity index (χ1v) is 1.52. The van der Waals surface area contributed by atoms with Gasteiger partial charge in [-0.15, -0.1) is 0 Å². The van der Waals surface area contributed by atoms with Crippen LogP contribution in [0.1, 0.15) is 9.78 Å². The van der Waals surface area contributed by atoms with Crippen molar-refractivity contribution in [2.75, 3.05) is 0 Å². The molecular weight excluding hydrogens is 143 g/mol. The maximum Gasteiger partial charge on any atom is 2.00 e. The standard InChI is InChI=1S/C3H3FO3.Ca.2H/c1-2(5)3(6)7-4;;;/h1H3;;;/q;+2;2*-1. The van der Waals surface area contributed by atoms with E-state index in [1.807, 2.05) is 0 Å². The molecule has 5 heteroatoms. The average Bonchev–Trinajstić information content (AvgIpc) is 1.65. The number of ketones is 1. The van der Waals surface area contributed by atoms with Crippen molar-refractivity contribution in [1.29, 1.82) is 0 Å². The molecule has 0 bridgehead atoms. The van der Waals surface area contributed by atoms with Crippen molar-refractivity contribution in [2.24, 2.45) is 0 Å². The molecular formula is C3H5CaFO3. The molecule has 0 heterocycles. The fourth-order valence-electron chi connectivity index (χ4n) is 0.0543. The summed E-state index contributed by atoms with van der Waals surface area (Å²) in [4.78, 5) is 21.7. The quantitative estimate of drug-likeness (QED) is 0.383. The van der Waals surface area contributed by atoms with Crippen LogP contribution >= 0.6 is 0 Å². The Morgan fingerprint density at radius 1 is 1.62 bits per heavy atom. The topological polar surface area (TPSA) is 43.4 Å². The number of halogens is 1. The van der Waals surface area contributed by atoms with Gasteiger partial charge in [0.25, 0.3) is 0 Å². The minimum absolute atomic E-state index is 0. The summed E-state index contributed by atoms with van der Waals surface area (Å²) in [7, 11) is 0. The number of Topliss-reactive ketones (excluding diaryl/α,β-unsaturated/α-hetero) is 1. The van der Waals surface area contributed by atoms with Gasteiger partial charge in [0.05, 0.1) is 0 Å². The molecule has 0 radical (unpaired) electrons. The van der Waals surface area contributed by atoms with Crippen LogP contribution < -0.4 is 0 Å². The van der Waals surface area contributed by atoms with E-state index in [9.17, 15) is 14.1 Å². The largest absolute Gasteiger partial charge is 2.00 e. The summed E-state index contributed by atoms with van der Waals surface area (Å²) in [6.45, 7) is 0.919. The van der Waals surface area contributed by atoms with Crippen LogP contribution in [0, 0.1) is 0 Å². The molecule has 0 atom stereocenters. The zero-order valence-corrected chi connectivity index (χ0v) is 6.52. The fourth-order valence-corrected chi connectivity index (χ4v) is 0.0543. The third-order valence-electron chi connectivity index (χ3n) is 0.358. The maximum atomic E-state index is 10.6. The van der Waals surface area contributed by atoms with Crippen molar-refractivity contribution >= 4 is 49.5 Å². The summed E-state index contributed by atoms with van der Waals surface area (Å²) < 4.78 is 10.6. The Morgan fingerprint density at radius 3 is 2.00 bits per heavy atom. The van der Waals surface area contributed by atoms with Crippen LogP contribution in [0.25, 0.3) is 0 Å². The molecule has 0 aromatic heterocycles.